The van der Waals surface area contributed by atoms with Crippen LogP contribution in [0.1, 0.15) is 50.6 Å². The molecule has 1 aliphatic heterocycles. The van der Waals surface area contributed by atoms with Crippen molar-refractivity contribution >= 4 is 11.8 Å². The van der Waals surface area contributed by atoms with Gasteiger partial charge in [0.2, 0.25) is 5.95 Å². The topological polar surface area (TPSA) is 89.2 Å². The minimum atomic E-state index is 0.324. The number of nitrogens with one attached hydrogen (secondary N) is 1. The first-order valence-corrected chi connectivity index (χ1v) is 10.2. The van der Waals surface area contributed by atoms with Crippen LogP contribution in [0.15, 0.2) is 30.5 Å². The van der Waals surface area contributed by atoms with Crippen molar-refractivity contribution in [3.63, 3.8) is 0 Å². The average molecular weight is 383 g/mol. The molecule has 2 fully saturated rings. The van der Waals surface area contributed by atoms with E-state index in [0.717, 1.165) is 31.7 Å². The smallest absolute Gasteiger partial charge is 0.247 e. The zero-order valence-corrected chi connectivity index (χ0v) is 16.8. The predicted molar refractivity (Wildman–Crippen MR) is 110 cm³/mol. The van der Waals surface area contributed by atoms with Gasteiger partial charge in [-0.2, -0.15) is 10.1 Å². The first-order chi connectivity index (χ1) is 13.6. The molecule has 2 atom stereocenters. The molecule has 1 aliphatic carbocycles. The molecule has 2 heterocycles. The first kappa shape index (κ1) is 18.9. The fourth-order valence-corrected chi connectivity index (χ4v) is 4.88. The van der Waals surface area contributed by atoms with Crippen LogP contribution < -0.4 is 20.7 Å². The summed E-state index contributed by atoms with van der Waals surface area (Å²) in [5.41, 5.74) is 7.44. The number of nitrogens with two attached hydrogens (primary N) is 1. The highest BCUT2D eigenvalue weighted by Crippen LogP contribution is 2.47. The van der Waals surface area contributed by atoms with Gasteiger partial charge in [-0.3, -0.25) is 0 Å². The fraction of sp³-hybridized carbons (Fsp3) is 0.571. The van der Waals surface area contributed by atoms with Crippen LogP contribution in [0.3, 0.4) is 0 Å². The summed E-state index contributed by atoms with van der Waals surface area (Å²) in [6.45, 7) is 4.18. The van der Waals surface area contributed by atoms with Gasteiger partial charge in [-0.15, -0.1) is 5.10 Å². The second-order valence-corrected chi connectivity index (χ2v) is 8.14. The Balaban J connectivity index is 1.40. The lowest BCUT2D eigenvalue weighted by Gasteiger charge is -2.44. The van der Waals surface area contributed by atoms with E-state index in [1.165, 1.54) is 31.0 Å². The lowest BCUT2D eigenvalue weighted by atomic mass is 9.73. The highest BCUT2D eigenvalue weighted by atomic mass is 16.5. The van der Waals surface area contributed by atoms with Crippen LogP contribution in [0.2, 0.25) is 0 Å². The Labute approximate surface area is 166 Å². The number of rotatable bonds is 5. The number of aromatic nitrogens is 3. The van der Waals surface area contributed by atoms with Crippen molar-refractivity contribution in [3.05, 3.63) is 36.0 Å². The van der Waals surface area contributed by atoms with Gasteiger partial charge in [-0.1, -0.05) is 18.6 Å². The summed E-state index contributed by atoms with van der Waals surface area (Å²) in [6.07, 6.45) is 7.63. The Kier molecular flexibility index (Phi) is 5.35. The van der Waals surface area contributed by atoms with E-state index < -0.39 is 0 Å². The first-order valence-electron chi connectivity index (χ1n) is 10.2. The molecule has 0 amide bonds. The van der Waals surface area contributed by atoms with E-state index in [4.69, 9.17) is 10.5 Å². The van der Waals surface area contributed by atoms with E-state index in [1.807, 2.05) is 12.1 Å². The highest BCUT2D eigenvalue weighted by molar-refractivity contribution is 5.36. The maximum Gasteiger partial charge on any atom is 0.247 e. The van der Waals surface area contributed by atoms with Crippen molar-refractivity contribution in [3.8, 4) is 5.75 Å². The van der Waals surface area contributed by atoms with Gasteiger partial charge in [0.1, 0.15) is 11.6 Å². The molecule has 1 spiro atoms. The minimum absolute atomic E-state index is 0.324. The summed E-state index contributed by atoms with van der Waals surface area (Å²) in [7, 11) is 1.70. The summed E-state index contributed by atoms with van der Waals surface area (Å²) in [6, 6.07) is 9.26. The monoisotopic (exact) mass is 382 g/mol. The molecule has 4 rings (SSSR count). The maximum atomic E-state index is 5.77. The molecule has 0 bridgehead atoms. The lowest BCUT2D eigenvalue weighted by molar-refractivity contribution is 0.163. The van der Waals surface area contributed by atoms with Crippen LogP contribution in [-0.2, 0) is 0 Å². The number of hydrogen-bond donors (Lipinski definition) is 2. The molecular formula is C21H30N6O. The van der Waals surface area contributed by atoms with Crippen molar-refractivity contribution in [2.75, 3.05) is 30.8 Å². The molecule has 28 heavy (non-hydrogen) atoms. The Morgan fingerprint density at radius 3 is 2.64 bits per heavy atom. The molecule has 1 saturated heterocycles. The molecule has 0 unspecified atom stereocenters. The van der Waals surface area contributed by atoms with Crippen molar-refractivity contribution in [2.24, 2.45) is 5.41 Å². The molecule has 7 heteroatoms. The Hall–Kier alpha value is -2.41. The van der Waals surface area contributed by atoms with Crippen molar-refractivity contribution in [1.82, 2.24) is 20.5 Å². The number of nitrogens with zero attached hydrogens (tertiary/aromatic N) is 4. The number of nitrogen functional groups attached to an aromatic ring is 1. The van der Waals surface area contributed by atoms with Gasteiger partial charge in [0, 0.05) is 25.2 Å². The number of hydrogen-bond acceptors (Lipinski definition) is 7. The summed E-state index contributed by atoms with van der Waals surface area (Å²) < 4.78 is 5.28. The third-order valence-electron chi connectivity index (χ3n) is 6.58. The zero-order valence-electron chi connectivity index (χ0n) is 16.8. The van der Waals surface area contributed by atoms with E-state index in [1.54, 1.807) is 7.11 Å². The summed E-state index contributed by atoms with van der Waals surface area (Å²) in [5.74, 6) is 1.99. The summed E-state index contributed by atoms with van der Waals surface area (Å²) in [4.78, 5) is 6.56. The quantitative estimate of drug-likeness (QED) is 0.822. The fourth-order valence-electron chi connectivity index (χ4n) is 4.88. The van der Waals surface area contributed by atoms with Crippen LogP contribution in [0.4, 0.5) is 11.8 Å². The zero-order chi connectivity index (χ0) is 19.6. The van der Waals surface area contributed by atoms with Crippen molar-refractivity contribution in [2.45, 2.75) is 51.1 Å². The SMILES string of the molecule is COc1ccc([C@@H](C)N[C@H]2CCCC23CCN(c2nncc(N)n2)CC3)cc1. The third-order valence-corrected chi connectivity index (χ3v) is 6.58. The molecule has 2 aliphatic rings. The molecule has 1 aromatic carbocycles. The van der Waals surface area contributed by atoms with E-state index in [2.05, 4.69) is 44.5 Å². The minimum Gasteiger partial charge on any atom is -0.497 e. The number of ether oxygens (including phenoxy) is 1. The maximum absolute atomic E-state index is 5.77. The second kappa shape index (κ2) is 7.91. The molecule has 150 valence electrons. The standard InChI is InChI=1S/C21H30N6O/c1-15(16-5-7-17(28-2)8-6-16)24-18-4-3-9-21(18)10-12-27(13-11-21)20-25-19(22)14-23-26-20/h5-8,14-15,18,24H,3-4,9-13H2,1-2H3,(H2,22,25,26)/t15-,18+/m1/s1. The van der Waals surface area contributed by atoms with Gasteiger partial charge in [0.25, 0.3) is 0 Å². The third kappa shape index (κ3) is 3.76. The van der Waals surface area contributed by atoms with Gasteiger partial charge < -0.3 is 20.7 Å². The largest absolute Gasteiger partial charge is 0.497 e. The highest BCUT2D eigenvalue weighted by Gasteiger charge is 2.45. The molecule has 1 aromatic heterocycles. The molecule has 1 saturated carbocycles. The lowest BCUT2D eigenvalue weighted by Crippen LogP contribution is -2.49. The Morgan fingerprint density at radius 2 is 1.96 bits per heavy atom. The second-order valence-electron chi connectivity index (χ2n) is 8.14. The van der Waals surface area contributed by atoms with Crippen LogP contribution in [0, 0.1) is 5.41 Å². The normalized spacial score (nSPS) is 22.4. The number of benzene rings is 1. The number of anilines is 2. The molecule has 0 radical (unpaired) electrons. The Bertz CT molecular complexity index is 788. The van der Waals surface area contributed by atoms with E-state index in [-0.39, 0.29) is 0 Å². The number of piperidine rings is 1. The van der Waals surface area contributed by atoms with Crippen molar-refractivity contribution < 1.29 is 4.74 Å². The van der Waals surface area contributed by atoms with E-state index in [9.17, 15) is 0 Å². The number of methoxy groups -OCH3 is 1. The molecule has 7 nitrogen and oxygen atoms in total. The van der Waals surface area contributed by atoms with Crippen LogP contribution >= 0.6 is 0 Å². The van der Waals surface area contributed by atoms with Gasteiger partial charge in [0.05, 0.1) is 13.3 Å². The Morgan fingerprint density at radius 1 is 1.21 bits per heavy atom. The summed E-state index contributed by atoms with van der Waals surface area (Å²) in [5, 5.41) is 12.0. The molecule has 2 aromatic rings. The van der Waals surface area contributed by atoms with Gasteiger partial charge >= 0.3 is 0 Å². The van der Waals surface area contributed by atoms with Gasteiger partial charge in [-0.25, -0.2) is 0 Å². The molecular weight excluding hydrogens is 352 g/mol. The predicted octanol–water partition coefficient (Wildman–Crippen LogP) is 2.95. The van der Waals surface area contributed by atoms with E-state index >= 15 is 0 Å². The van der Waals surface area contributed by atoms with Crippen LogP contribution in [-0.4, -0.2) is 41.4 Å². The van der Waals surface area contributed by atoms with Crippen LogP contribution in [0.25, 0.3) is 0 Å². The van der Waals surface area contributed by atoms with Gasteiger partial charge in [-0.05, 0) is 55.7 Å². The average Bonchev–Trinajstić information content (AvgIpc) is 3.10. The van der Waals surface area contributed by atoms with E-state index in [0.29, 0.717) is 29.3 Å². The van der Waals surface area contributed by atoms with Crippen molar-refractivity contribution in [1.29, 1.82) is 0 Å². The van der Waals surface area contributed by atoms with Gasteiger partial charge in [0.15, 0.2) is 0 Å². The summed E-state index contributed by atoms with van der Waals surface area (Å²) >= 11 is 0. The van der Waals surface area contributed by atoms with Crippen LogP contribution in [0.5, 0.6) is 5.75 Å². The molecule has 3 N–H and O–H groups in total.